The van der Waals surface area contributed by atoms with E-state index >= 15 is 0 Å². The number of halogens is 1. The molecule has 118 valence electrons. The van der Waals surface area contributed by atoms with Crippen molar-refractivity contribution in [3.8, 4) is 5.95 Å². The van der Waals surface area contributed by atoms with Crippen molar-refractivity contribution in [2.45, 2.75) is 13.8 Å². The molecule has 1 aromatic carbocycles. The van der Waals surface area contributed by atoms with Crippen LogP contribution in [-0.4, -0.2) is 24.7 Å². The number of nitrogens with two attached hydrogens (primary N) is 1. The second-order valence-corrected chi connectivity index (χ2v) is 5.81. The second kappa shape index (κ2) is 6.31. The van der Waals surface area contributed by atoms with Gasteiger partial charge in [-0.3, -0.25) is 5.43 Å². The summed E-state index contributed by atoms with van der Waals surface area (Å²) in [4.78, 5) is 12.9. The number of nitrogen functional groups attached to an aromatic ring is 1. The van der Waals surface area contributed by atoms with Crippen LogP contribution >= 0.6 is 15.9 Å². The van der Waals surface area contributed by atoms with Gasteiger partial charge in [0.15, 0.2) is 0 Å². The summed E-state index contributed by atoms with van der Waals surface area (Å²) < 4.78 is 2.64. The monoisotopic (exact) mass is 374 g/mol. The molecule has 0 saturated heterocycles. The van der Waals surface area contributed by atoms with E-state index in [0.29, 0.717) is 11.9 Å². The Balaban J connectivity index is 1.99. The van der Waals surface area contributed by atoms with Crippen molar-refractivity contribution in [3.05, 3.63) is 46.2 Å². The lowest BCUT2D eigenvalue weighted by Gasteiger charge is -2.09. The molecule has 3 aromatic rings. The molecule has 0 aliphatic carbocycles. The van der Waals surface area contributed by atoms with Crippen LogP contribution in [0.2, 0.25) is 0 Å². The van der Waals surface area contributed by atoms with Gasteiger partial charge in [-0.15, -0.1) is 0 Å². The molecule has 0 atom stereocenters. The predicted molar refractivity (Wildman–Crippen MR) is 91.7 cm³/mol. The van der Waals surface area contributed by atoms with Crippen LogP contribution in [0.4, 0.5) is 17.6 Å². The van der Waals surface area contributed by atoms with E-state index < -0.39 is 0 Å². The molecule has 8 nitrogen and oxygen atoms in total. The van der Waals surface area contributed by atoms with E-state index in [0.717, 1.165) is 21.5 Å². The van der Waals surface area contributed by atoms with Crippen LogP contribution in [0.1, 0.15) is 11.4 Å². The van der Waals surface area contributed by atoms with E-state index in [1.54, 1.807) is 4.68 Å². The highest BCUT2D eigenvalue weighted by Crippen LogP contribution is 2.18. The number of hydrogen-bond acceptors (Lipinski definition) is 7. The predicted octanol–water partition coefficient (Wildman–Crippen LogP) is 2.47. The van der Waals surface area contributed by atoms with Crippen molar-refractivity contribution in [1.29, 1.82) is 0 Å². The summed E-state index contributed by atoms with van der Waals surface area (Å²) in [6.07, 6.45) is 0. The number of benzene rings is 1. The average Bonchev–Trinajstić information content (AvgIpc) is 2.88. The van der Waals surface area contributed by atoms with Gasteiger partial charge in [0.05, 0.1) is 5.69 Å². The molecule has 0 spiro atoms. The van der Waals surface area contributed by atoms with Crippen LogP contribution in [0.3, 0.4) is 0 Å². The van der Waals surface area contributed by atoms with Gasteiger partial charge in [-0.25, -0.2) is 10.5 Å². The zero-order valence-electron chi connectivity index (χ0n) is 12.6. The Labute approximate surface area is 141 Å². The molecule has 0 fully saturated rings. The van der Waals surface area contributed by atoms with Crippen molar-refractivity contribution < 1.29 is 0 Å². The Kier molecular flexibility index (Phi) is 4.22. The summed E-state index contributed by atoms with van der Waals surface area (Å²) >= 11 is 3.40. The van der Waals surface area contributed by atoms with E-state index in [1.807, 2.05) is 44.2 Å². The minimum absolute atomic E-state index is 0.252. The maximum absolute atomic E-state index is 5.46. The molecule has 23 heavy (non-hydrogen) atoms. The summed E-state index contributed by atoms with van der Waals surface area (Å²) in [7, 11) is 0. The molecule has 0 saturated carbocycles. The fourth-order valence-electron chi connectivity index (χ4n) is 2.07. The number of hydrazine groups is 1. The minimum atomic E-state index is 0.252. The summed E-state index contributed by atoms with van der Waals surface area (Å²) in [6, 6.07) is 9.61. The maximum Gasteiger partial charge on any atom is 0.257 e. The van der Waals surface area contributed by atoms with Gasteiger partial charge < -0.3 is 5.32 Å². The third-order valence-corrected chi connectivity index (χ3v) is 3.58. The average molecular weight is 375 g/mol. The SMILES string of the molecule is Cc1cc(C)n(-c2nc(NN)nc(Nc3ccc(Br)cc3)n2)n1. The van der Waals surface area contributed by atoms with Gasteiger partial charge in [-0.2, -0.15) is 20.1 Å². The van der Waals surface area contributed by atoms with Crippen molar-refractivity contribution >= 4 is 33.5 Å². The van der Waals surface area contributed by atoms with Gasteiger partial charge >= 0.3 is 0 Å². The van der Waals surface area contributed by atoms with E-state index in [1.165, 1.54) is 0 Å². The van der Waals surface area contributed by atoms with Gasteiger partial charge in [0.2, 0.25) is 11.9 Å². The molecule has 2 heterocycles. The highest BCUT2D eigenvalue weighted by atomic mass is 79.9. The first-order valence-electron chi connectivity index (χ1n) is 6.84. The third kappa shape index (κ3) is 3.46. The van der Waals surface area contributed by atoms with E-state index in [4.69, 9.17) is 5.84 Å². The minimum Gasteiger partial charge on any atom is -0.324 e. The van der Waals surface area contributed by atoms with Gasteiger partial charge in [0, 0.05) is 15.9 Å². The van der Waals surface area contributed by atoms with Crippen molar-refractivity contribution in [3.63, 3.8) is 0 Å². The first-order valence-corrected chi connectivity index (χ1v) is 7.63. The van der Waals surface area contributed by atoms with Crippen LogP contribution in [0, 0.1) is 13.8 Å². The molecule has 4 N–H and O–H groups in total. The quantitative estimate of drug-likeness (QED) is 0.475. The molecule has 2 aromatic heterocycles. The van der Waals surface area contributed by atoms with Gasteiger partial charge in [-0.05, 0) is 44.2 Å². The number of aromatic nitrogens is 5. The first-order chi connectivity index (χ1) is 11.0. The summed E-state index contributed by atoms with van der Waals surface area (Å²) in [5.41, 5.74) is 5.10. The number of nitrogens with zero attached hydrogens (tertiary/aromatic N) is 5. The van der Waals surface area contributed by atoms with Crippen molar-refractivity contribution in [1.82, 2.24) is 24.7 Å². The standard InChI is InChI=1S/C14H15BrN8/c1-8-7-9(2)23(22-8)14-19-12(18-13(20-14)21-16)17-11-5-3-10(15)4-6-11/h3-7H,16H2,1-2H3,(H2,17,18,19,20,21). The number of aryl methyl sites for hydroxylation is 2. The van der Waals surface area contributed by atoms with E-state index in [2.05, 4.69) is 46.7 Å². The molecule has 0 radical (unpaired) electrons. The molecular weight excluding hydrogens is 360 g/mol. The number of nitrogens with one attached hydrogen (secondary N) is 2. The lowest BCUT2D eigenvalue weighted by Crippen LogP contribution is -2.15. The fourth-order valence-corrected chi connectivity index (χ4v) is 2.34. The fraction of sp³-hybridized carbons (Fsp3) is 0.143. The zero-order chi connectivity index (χ0) is 16.4. The molecule has 0 aliphatic heterocycles. The summed E-state index contributed by atoms with van der Waals surface area (Å²) in [5.74, 6) is 6.47. The largest absolute Gasteiger partial charge is 0.324 e. The first kappa shape index (κ1) is 15.4. The van der Waals surface area contributed by atoms with Crippen LogP contribution in [0.25, 0.3) is 5.95 Å². The Morgan fingerprint density at radius 2 is 1.74 bits per heavy atom. The molecule has 0 bridgehead atoms. The summed E-state index contributed by atoms with van der Waals surface area (Å²) in [6.45, 7) is 3.84. The Bertz CT molecular complexity index is 827. The van der Waals surface area contributed by atoms with Crippen molar-refractivity contribution in [2.75, 3.05) is 10.7 Å². The molecular formula is C14H15BrN8. The van der Waals surface area contributed by atoms with Gasteiger partial charge in [0.1, 0.15) is 0 Å². The van der Waals surface area contributed by atoms with Crippen LogP contribution in [-0.2, 0) is 0 Å². The number of rotatable bonds is 4. The van der Waals surface area contributed by atoms with Crippen LogP contribution < -0.4 is 16.6 Å². The van der Waals surface area contributed by atoms with E-state index in [9.17, 15) is 0 Å². The van der Waals surface area contributed by atoms with E-state index in [-0.39, 0.29) is 5.95 Å². The van der Waals surface area contributed by atoms with Crippen molar-refractivity contribution in [2.24, 2.45) is 5.84 Å². The lowest BCUT2D eigenvalue weighted by molar-refractivity contribution is 0.767. The molecule has 0 unspecified atom stereocenters. The summed E-state index contributed by atoms with van der Waals surface area (Å²) in [5, 5.41) is 7.50. The number of anilines is 3. The lowest BCUT2D eigenvalue weighted by atomic mass is 10.3. The number of hydrogen-bond donors (Lipinski definition) is 3. The smallest absolute Gasteiger partial charge is 0.257 e. The molecule has 9 heteroatoms. The Hall–Kier alpha value is -2.52. The molecule has 0 aliphatic rings. The maximum atomic E-state index is 5.46. The van der Waals surface area contributed by atoms with Crippen LogP contribution in [0.15, 0.2) is 34.8 Å². The highest BCUT2D eigenvalue weighted by Gasteiger charge is 2.11. The van der Waals surface area contributed by atoms with Gasteiger partial charge in [-0.1, -0.05) is 15.9 Å². The Morgan fingerprint density at radius 3 is 2.35 bits per heavy atom. The normalized spacial score (nSPS) is 10.6. The second-order valence-electron chi connectivity index (χ2n) is 4.90. The Morgan fingerprint density at radius 1 is 1.04 bits per heavy atom. The highest BCUT2D eigenvalue weighted by molar-refractivity contribution is 9.10. The van der Waals surface area contributed by atoms with Crippen LogP contribution in [0.5, 0.6) is 0 Å². The third-order valence-electron chi connectivity index (χ3n) is 3.05. The van der Waals surface area contributed by atoms with Gasteiger partial charge in [0.25, 0.3) is 5.95 Å². The zero-order valence-corrected chi connectivity index (χ0v) is 14.2. The molecule has 3 rings (SSSR count). The molecule has 0 amide bonds. The topological polar surface area (TPSA) is 107 Å².